The monoisotopic (exact) mass is 772 g/mol. The van der Waals surface area contributed by atoms with Gasteiger partial charge < -0.3 is 74.4 Å². The molecule has 310 valence electrons. The third-order valence-electron chi connectivity index (χ3n) is 16.2. The normalized spacial score (nSPS) is 60.1. The van der Waals surface area contributed by atoms with Crippen LogP contribution in [-0.4, -0.2) is 157 Å². The summed E-state index contributed by atoms with van der Waals surface area (Å²) in [5.41, 5.74) is -0.149. The Labute approximate surface area is 316 Å². The Morgan fingerprint density at radius 3 is 2.02 bits per heavy atom. The van der Waals surface area contributed by atoms with Gasteiger partial charge in [0.1, 0.15) is 54.9 Å². The third kappa shape index (κ3) is 6.01. The Bertz CT molecular complexity index is 1340. The highest BCUT2D eigenvalue weighted by molar-refractivity contribution is 5.19. The molecule has 0 aromatic rings. The average molecular weight is 773 g/mol. The first kappa shape index (κ1) is 40.2. The first-order chi connectivity index (χ1) is 25.6. The van der Waals surface area contributed by atoms with Crippen LogP contribution in [0.5, 0.6) is 0 Å². The summed E-state index contributed by atoms with van der Waals surface area (Å²) in [5, 5.41) is 96.1. The number of hydrogen-bond donors (Lipinski definition) is 9. The Kier molecular flexibility index (Phi) is 10.9. The van der Waals surface area contributed by atoms with Crippen molar-refractivity contribution in [3.8, 4) is 0 Å². The van der Waals surface area contributed by atoms with Gasteiger partial charge in [0.15, 0.2) is 18.4 Å². The van der Waals surface area contributed by atoms with E-state index in [1.165, 1.54) is 0 Å². The van der Waals surface area contributed by atoms with Crippen LogP contribution in [0.1, 0.15) is 79.1 Å². The van der Waals surface area contributed by atoms with E-state index in [0.717, 1.165) is 32.1 Å². The zero-order chi connectivity index (χ0) is 38.6. The molecule has 13 unspecified atom stereocenters. The maximum Gasteiger partial charge on any atom is 0.197 e. The van der Waals surface area contributed by atoms with Crippen molar-refractivity contribution in [1.29, 1.82) is 0 Å². The van der Waals surface area contributed by atoms with Gasteiger partial charge >= 0.3 is 0 Å². The maximum atomic E-state index is 12.1. The van der Waals surface area contributed by atoms with Crippen LogP contribution in [0.3, 0.4) is 0 Å². The van der Waals surface area contributed by atoms with Crippen LogP contribution >= 0.6 is 0 Å². The fourth-order valence-electron chi connectivity index (χ4n) is 13.4. The van der Waals surface area contributed by atoms with Gasteiger partial charge in [0.2, 0.25) is 0 Å². The average Bonchev–Trinajstić information content (AvgIpc) is 3.57. The number of ether oxygens (including phenoxy) is 6. The lowest BCUT2D eigenvalue weighted by molar-refractivity contribution is -0.373. The maximum absolute atomic E-state index is 12.1. The van der Waals surface area contributed by atoms with E-state index < -0.39 is 92.6 Å². The largest absolute Gasteiger partial charge is 0.394 e. The molecule has 15 heteroatoms. The molecule has 4 saturated carbocycles. The van der Waals surface area contributed by atoms with Gasteiger partial charge in [-0.2, -0.15) is 0 Å². The zero-order valence-electron chi connectivity index (χ0n) is 31.9. The highest BCUT2D eigenvalue weighted by atomic mass is 16.8. The smallest absolute Gasteiger partial charge is 0.197 e. The number of rotatable bonds is 6. The Morgan fingerprint density at radius 2 is 1.33 bits per heavy atom. The van der Waals surface area contributed by atoms with Crippen molar-refractivity contribution in [2.24, 2.45) is 52.3 Å². The van der Waals surface area contributed by atoms with E-state index in [-0.39, 0.29) is 46.7 Å². The predicted molar refractivity (Wildman–Crippen MR) is 186 cm³/mol. The lowest BCUT2D eigenvalue weighted by Crippen LogP contribution is -2.65. The van der Waals surface area contributed by atoms with E-state index in [0.29, 0.717) is 43.6 Å². The van der Waals surface area contributed by atoms with Crippen molar-refractivity contribution < 1.29 is 74.4 Å². The van der Waals surface area contributed by atoms with E-state index in [2.05, 4.69) is 27.7 Å². The molecule has 4 heterocycles. The molecule has 9 N–H and O–H groups in total. The molecule has 0 bridgehead atoms. The quantitative estimate of drug-likeness (QED) is 0.153. The first-order valence-corrected chi connectivity index (χ1v) is 20.5. The minimum absolute atomic E-state index is 0.00295. The fourth-order valence-corrected chi connectivity index (χ4v) is 13.4. The van der Waals surface area contributed by atoms with Gasteiger partial charge in [-0.05, 0) is 91.8 Å². The highest BCUT2D eigenvalue weighted by Gasteiger charge is 2.73. The lowest BCUT2D eigenvalue weighted by Gasteiger charge is -2.61. The van der Waals surface area contributed by atoms with Gasteiger partial charge in [-0.3, -0.25) is 0 Å². The third-order valence-corrected chi connectivity index (χ3v) is 16.2. The molecule has 0 radical (unpaired) electrons. The zero-order valence-corrected chi connectivity index (χ0v) is 31.9. The van der Waals surface area contributed by atoms with Crippen molar-refractivity contribution in [1.82, 2.24) is 0 Å². The molecule has 54 heavy (non-hydrogen) atoms. The van der Waals surface area contributed by atoms with Crippen LogP contribution in [0, 0.1) is 52.3 Å². The van der Waals surface area contributed by atoms with Crippen LogP contribution in [0.4, 0.5) is 0 Å². The SMILES string of the molecule is CC1COC2(OC3C(O)C4C5CC[C@@H]6CC(O[C@@H]7O[C@H](CO)[C@@H](O)[C@@H](O)[C@H]7O[C@@H]7O[C@H](CO)[C@H](O)[C@@H](O)[C@H]7O)CCC6(C)C5CCC4(C)C3C2C)C(O)C1. The number of fused-ring (bicyclic) bond motifs is 7. The highest BCUT2D eigenvalue weighted by Crippen LogP contribution is 2.71. The van der Waals surface area contributed by atoms with Crippen LogP contribution in [0.15, 0.2) is 0 Å². The molecule has 8 fully saturated rings. The van der Waals surface area contributed by atoms with Gasteiger partial charge in [-0.25, -0.2) is 0 Å². The standard InChI is InChI=1S/C39H64O15/c1-16-11-24(42)39(49-15-16)17(2)25-33(54-39)29(45)26-20-6-5-18-12-19(7-9-37(18,3)21(20)8-10-38(25,26)4)50-36-34(31(47)28(44)23(14-41)52-36)53-35-32(48)30(46)27(43)22(13-40)51-35/h16-36,40-48H,5-15H2,1-4H3/t16?,17?,18-,19?,20?,21?,22-,23-,24?,25?,26?,27+,28-,29?,30-,31-,32-,33?,34-,35+,36-,37?,38?,39?/m1/s1. The molecule has 4 aliphatic heterocycles. The first-order valence-electron chi connectivity index (χ1n) is 20.5. The van der Waals surface area contributed by atoms with Crippen LogP contribution in [-0.2, 0) is 28.4 Å². The van der Waals surface area contributed by atoms with Crippen molar-refractivity contribution in [3.05, 3.63) is 0 Å². The van der Waals surface area contributed by atoms with E-state index in [4.69, 9.17) is 28.4 Å². The summed E-state index contributed by atoms with van der Waals surface area (Å²) in [5.74, 6) is 0.330. The molecule has 1 spiro atoms. The van der Waals surface area contributed by atoms with Crippen LogP contribution in [0.2, 0.25) is 0 Å². The Morgan fingerprint density at radius 1 is 0.667 bits per heavy atom. The van der Waals surface area contributed by atoms with Gasteiger partial charge in [-0.15, -0.1) is 0 Å². The summed E-state index contributed by atoms with van der Waals surface area (Å²) in [6, 6.07) is 0. The molecule has 8 aliphatic rings. The van der Waals surface area contributed by atoms with Gasteiger partial charge in [0, 0.05) is 11.8 Å². The topological polar surface area (TPSA) is 237 Å². The van der Waals surface area contributed by atoms with E-state index in [9.17, 15) is 46.0 Å². The number of aliphatic hydroxyl groups is 9. The molecule has 0 amide bonds. The second-order valence-corrected chi connectivity index (χ2v) is 18.9. The summed E-state index contributed by atoms with van der Waals surface area (Å²) < 4.78 is 36.9. The number of aliphatic hydroxyl groups excluding tert-OH is 9. The summed E-state index contributed by atoms with van der Waals surface area (Å²) in [7, 11) is 0. The van der Waals surface area contributed by atoms with E-state index in [1.54, 1.807) is 0 Å². The Hall–Kier alpha value is -0.600. The van der Waals surface area contributed by atoms with E-state index in [1.807, 2.05) is 0 Å². The molecular weight excluding hydrogens is 708 g/mol. The molecular formula is C39H64O15. The van der Waals surface area contributed by atoms with Gasteiger partial charge in [-0.1, -0.05) is 27.7 Å². The van der Waals surface area contributed by atoms with Crippen molar-refractivity contribution >= 4 is 0 Å². The van der Waals surface area contributed by atoms with Crippen molar-refractivity contribution in [2.75, 3.05) is 19.8 Å². The summed E-state index contributed by atoms with van der Waals surface area (Å²) in [6.07, 6.45) is -10.2. The van der Waals surface area contributed by atoms with Crippen molar-refractivity contribution in [3.63, 3.8) is 0 Å². The molecule has 15 nitrogen and oxygen atoms in total. The fraction of sp³-hybridized carbons (Fsp3) is 1.00. The van der Waals surface area contributed by atoms with Crippen molar-refractivity contribution in [2.45, 2.75) is 171 Å². The molecule has 0 aromatic carbocycles. The molecule has 8 rings (SSSR count). The van der Waals surface area contributed by atoms with E-state index >= 15 is 0 Å². The molecule has 0 aromatic heterocycles. The second kappa shape index (κ2) is 14.6. The molecule has 4 saturated heterocycles. The van der Waals surface area contributed by atoms with Gasteiger partial charge in [0.25, 0.3) is 0 Å². The number of hydrogen-bond acceptors (Lipinski definition) is 15. The van der Waals surface area contributed by atoms with Gasteiger partial charge in [0.05, 0.1) is 38.1 Å². The summed E-state index contributed by atoms with van der Waals surface area (Å²) in [4.78, 5) is 0. The molecule has 4 aliphatic carbocycles. The van der Waals surface area contributed by atoms with Crippen LogP contribution < -0.4 is 0 Å². The van der Waals surface area contributed by atoms with Crippen LogP contribution in [0.25, 0.3) is 0 Å². The lowest BCUT2D eigenvalue weighted by atomic mass is 9.44. The second-order valence-electron chi connectivity index (χ2n) is 18.9. The summed E-state index contributed by atoms with van der Waals surface area (Å²) in [6.45, 7) is 8.23. The minimum atomic E-state index is -1.74. The predicted octanol–water partition coefficient (Wildman–Crippen LogP) is -0.616. The summed E-state index contributed by atoms with van der Waals surface area (Å²) >= 11 is 0. The minimum Gasteiger partial charge on any atom is -0.394 e. The Balaban J connectivity index is 0.959. The molecule has 24 atom stereocenters.